The number of aliphatic imine (C=N–C) groups is 1. The Kier molecular flexibility index (Phi) is 11.3. The van der Waals surface area contributed by atoms with Gasteiger partial charge >= 0.3 is 0 Å². The molecular weight excluding hydrogens is 457 g/mol. The van der Waals surface area contributed by atoms with Crippen molar-refractivity contribution in [2.24, 2.45) is 4.99 Å². The van der Waals surface area contributed by atoms with Crippen molar-refractivity contribution in [3.63, 3.8) is 0 Å². The molecule has 6 nitrogen and oxygen atoms in total. The monoisotopic (exact) mass is 491 g/mol. The predicted octanol–water partition coefficient (Wildman–Crippen LogP) is 4.11. The minimum atomic E-state index is 0. The van der Waals surface area contributed by atoms with Gasteiger partial charge in [-0.3, -0.25) is 0 Å². The fourth-order valence-electron chi connectivity index (χ4n) is 3.24. The van der Waals surface area contributed by atoms with Gasteiger partial charge in [0.15, 0.2) is 17.5 Å². The zero-order chi connectivity index (χ0) is 18.8. The zero-order valence-electron chi connectivity index (χ0n) is 17.0. The summed E-state index contributed by atoms with van der Waals surface area (Å²) in [7, 11) is 3.28. The number of benzene rings is 1. The minimum absolute atomic E-state index is 0. The van der Waals surface area contributed by atoms with Crippen LogP contribution in [0.2, 0.25) is 0 Å². The van der Waals surface area contributed by atoms with Gasteiger partial charge in [0.25, 0.3) is 0 Å². The molecule has 2 N–H and O–H groups in total. The summed E-state index contributed by atoms with van der Waals surface area (Å²) in [6, 6.07) is 4.44. The van der Waals surface area contributed by atoms with Crippen LogP contribution in [-0.4, -0.2) is 39.4 Å². The van der Waals surface area contributed by atoms with Crippen LogP contribution in [0.15, 0.2) is 17.1 Å². The first-order valence-corrected chi connectivity index (χ1v) is 9.64. The normalized spacial score (nSPS) is 14.9. The van der Waals surface area contributed by atoms with Crippen LogP contribution >= 0.6 is 24.0 Å². The standard InChI is InChI=1S/C20H33N3O3.HI/c1-5-21-20(23-16-10-8-7-9-11-16)22-14-15-12-17(24-3)19(26-6-2)18(13-15)25-4;/h12-13,16H,5-11,14H2,1-4H3,(H2,21,22,23);1H. The molecule has 1 aliphatic rings. The number of halogens is 1. The summed E-state index contributed by atoms with van der Waals surface area (Å²) in [4.78, 5) is 4.75. The Morgan fingerprint density at radius 1 is 1.07 bits per heavy atom. The lowest BCUT2D eigenvalue weighted by atomic mass is 9.96. The largest absolute Gasteiger partial charge is 0.493 e. The molecule has 154 valence electrons. The number of hydrogen-bond donors (Lipinski definition) is 2. The van der Waals surface area contributed by atoms with E-state index in [0.29, 0.717) is 36.4 Å². The van der Waals surface area contributed by atoms with Gasteiger partial charge in [0.2, 0.25) is 5.75 Å². The summed E-state index contributed by atoms with van der Waals surface area (Å²) in [5.74, 6) is 2.84. The van der Waals surface area contributed by atoms with Crippen LogP contribution in [0.3, 0.4) is 0 Å². The third kappa shape index (κ3) is 7.27. The smallest absolute Gasteiger partial charge is 0.203 e. The van der Waals surface area contributed by atoms with Gasteiger partial charge in [-0.2, -0.15) is 0 Å². The number of rotatable bonds is 8. The Bertz CT molecular complexity index is 565. The second-order valence-electron chi connectivity index (χ2n) is 6.44. The fraction of sp³-hybridized carbons (Fsp3) is 0.650. The maximum atomic E-state index is 5.66. The van der Waals surface area contributed by atoms with Crippen LogP contribution in [-0.2, 0) is 6.54 Å². The van der Waals surface area contributed by atoms with Gasteiger partial charge in [-0.25, -0.2) is 4.99 Å². The molecule has 0 spiro atoms. The lowest BCUT2D eigenvalue weighted by Gasteiger charge is -2.25. The lowest BCUT2D eigenvalue weighted by Crippen LogP contribution is -2.44. The molecule has 0 unspecified atom stereocenters. The van der Waals surface area contributed by atoms with E-state index in [0.717, 1.165) is 18.1 Å². The molecule has 27 heavy (non-hydrogen) atoms. The number of nitrogens with one attached hydrogen (secondary N) is 2. The summed E-state index contributed by atoms with van der Waals surface area (Å²) >= 11 is 0. The molecule has 0 atom stereocenters. The molecule has 1 fully saturated rings. The third-order valence-corrected chi connectivity index (χ3v) is 4.52. The van der Waals surface area contributed by atoms with Crippen molar-refractivity contribution in [3.05, 3.63) is 17.7 Å². The van der Waals surface area contributed by atoms with E-state index in [-0.39, 0.29) is 24.0 Å². The summed E-state index contributed by atoms with van der Waals surface area (Å²) in [5.41, 5.74) is 1.02. The van der Waals surface area contributed by atoms with Crippen molar-refractivity contribution in [1.29, 1.82) is 0 Å². The molecule has 1 aromatic rings. The molecule has 0 radical (unpaired) electrons. The van der Waals surface area contributed by atoms with Crippen molar-refractivity contribution in [2.45, 2.75) is 58.5 Å². The Morgan fingerprint density at radius 3 is 2.22 bits per heavy atom. The van der Waals surface area contributed by atoms with Crippen LogP contribution in [0.1, 0.15) is 51.5 Å². The second-order valence-corrected chi connectivity index (χ2v) is 6.44. The first-order valence-electron chi connectivity index (χ1n) is 9.64. The quantitative estimate of drug-likeness (QED) is 0.326. The first-order chi connectivity index (χ1) is 12.7. The minimum Gasteiger partial charge on any atom is -0.493 e. The number of hydrogen-bond acceptors (Lipinski definition) is 4. The summed E-state index contributed by atoms with van der Waals surface area (Å²) in [5, 5.41) is 6.91. The number of nitrogens with zero attached hydrogens (tertiary/aromatic N) is 1. The molecule has 0 bridgehead atoms. The molecule has 1 aliphatic carbocycles. The Balaban J connectivity index is 0.00000364. The molecule has 0 saturated heterocycles. The van der Waals surface area contributed by atoms with E-state index >= 15 is 0 Å². The highest BCUT2D eigenvalue weighted by molar-refractivity contribution is 14.0. The van der Waals surface area contributed by atoms with Crippen LogP contribution in [0.5, 0.6) is 17.2 Å². The lowest BCUT2D eigenvalue weighted by molar-refractivity contribution is 0.288. The van der Waals surface area contributed by atoms with Crippen molar-refractivity contribution in [3.8, 4) is 17.2 Å². The van der Waals surface area contributed by atoms with Crippen LogP contribution in [0.25, 0.3) is 0 Å². The highest BCUT2D eigenvalue weighted by Crippen LogP contribution is 2.38. The summed E-state index contributed by atoms with van der Waals surface area (Å²) in [6.07, 6.45) is 6.37. The highest BCUT2D eigenvalue weighted by Gasteiger charge is 2.16. The second kappa shape index (κ2) is 12.9. The maximum Gasteiger partial charge on any atom is 0.203 e. The third-order valence-electron chi connectivity index (χ3n) is 4.52. The average Bonchev–Trinajstić information content (AvgIpc) is 2.67. The van der Waals surface area contributed by atoms with Gasteiger partial charge in [-0.15, -0.1) is 24.0 Å². The van der Waals surface area contributed by atoms with Crippen molar-refractivity contribution in [2.75, 3.05) is 27.4 Å². The van der Waals surface area contributed by atoms with Gasteiger partial charge in [0, 0.05) is 12.6 Å². The van der Waals surface area contributed by atoms with Gasteiger partial charge in [-0.1, -0.05) is 19.3 Å². The molecular formula is C20H34IN3O3. The van der Waals surface area contributed by atoms with Gasteiger partial charge in [-0.05, 0) is 44.4 Å². The van der Waals surface area contributed by atoms with Crippen molar-refractivity contribution >= 4 is 29.9 Å². The Hall–Kier alpha value is -1.38. The van der Waals surface area contributed by atoms with E-state index < -0.39 is 0 Å². The topological polar surface area (TPSA) is 64.1 Å². The maximum absolute atomic E-state index is 5.66. The van der Waals surface area contributed by atoms with Crippen molar-refractivity contribution in [1.82, 2.24) is 10.6 Å². The highest BCUT2D eigenvalue weighted by atomic mass is 127. The summed E-state index contributed by atoms with van der Waals surface area (Å²) < 4.78 is 16.6. The van der Waals surface area contributed by atoms with E-state index in [1.807, 2.05) is 19.1 Å². The molecule has 2 rings (SSSR count). The van der Waals surface area contributed by atoms with Crippen LogP contribution in [0, 0.1) is 0 Å². The Morgan fingerprint density at radius 2 is 1.70 bits per heavy atom. The predicted molar refractivity (Wildman–Crippen MR) is 121 cm³/mol. The molecule has 0 aliphatic heterocycles. The van der Waals surface area contributed by atoms with E-state index in [1.165, 1.54) is 32.1 Å². The SMILES string of the molecule is CCNC(=NCc1cc(OC)c(OCC)c(OC)c1)NC1CCCCC1.I. The van der Waals surface area contributed by atoms with Gasteiger partial charge in [0.1, 0.15) is 0 Å². The van der Waals surface area contributed by atoms with Crippen LogP contribution in [0.4, 0.5) is 0 Å². The molecule has 7 heteroatoms. The molecule has 1 aromatic carbocycles. The number of ether oxygens (including phenoxy) is 3. The molecule has 0 aromatic heterocycles. The zero-order valence-corrected chi connectivity index (χ0v) is 19.3. The Labute approximate surface area is 180 Å². The molecule has 1 saturated carbocycles. The van der Waals surface area contributed by atoms with Gasteiger partial charge < -0.3 is 24.8 Å². The van der Waals surface area contributed by atoms with E-state index in [4.69, 9.17) is 19.2 Å². The van der Waals surface area contributed by atoms with Crippen molar-refractivity contribution < 1.29 is 14.2 Å². The van der Waals surface area contributed by atoms with Crippen LogP contribution < -0.4 is 24.8 Å². The molecule has 0 amide bonds. The van der Waals surface area contributed by atoms with E-state index in [9.17, 15) is 0 Å². The van der Waals surface area contributed by atoms with E-state index in [2.05, 4.69) is 17.6 Å². The summed E-state index contributed by atoms with van der Waals surface area (Å²) in [6.45, 7) is 5.97. The van der Waals surface area contributed by atoms with E-state index in [1.54, 1.807) is 14.2 Å². The fourth-order valence-corrected chi connectivity index (χ4v) is 3.24. The van der Waals surface area contributed by atoms with Gasteiger partial charge in [0.05, 0.1) is 27.4 Å². The average molecular weight is 491 g/mol. The number of guanidine groups is 1. The molecule has 0 heterocycles. The number of methoxy groups -OCH3 is 2. The first kappa shape index (κ1) is 23.7.